The van der Waals surface area contributed by atoms with E-state index in [-0.39, 0.29) is 5.60 Å². The summed E-state index contributed by atoms with van der Waals surface area (Å²) in [5, 5.41) is 3.78. The first-order valence-corrected chi connectivity index (χ1v) is 5.73. The van der Waals surface area contributed by atoms with E-state index in [4.69, 9.17) is 16.3 Å². The number of ether oxygens (including phenoxy) is 1. The standard InChI is InChI=1S/C12H19ClN2O/c1-9-7-10(11(13)15-8-9)14-6-5-12(2,3)16-4/h7-8,14H,5-6H2,1-4H3. The van der Waals surface area contributed by atoms with Gasteiger partial charge in [-0.05, 0) is 38.8 Å². The normalized spacial score (nSPS) is 11.6. The van der Waals surface area contributed by atoms with Crippen molar-refractivity contribution in [1.29, 1.82) is 0 Å². The van der Waals surface area contributed by atoms with Gasteiger partial charge in [0.1, 0.15) is 0 Å². The van der Waals surface area contributed by atoms with Crippen LogP contribution in [-0.2, 0) is 4.74 Å². The van der Waals surface area contributed by atoms with Crippen molar-refractivity contribution in [3.8, 4) is 0 Å². The van der Waals surface area contributed by atoms with Gasteiger partial charge in [-0.3, -0.25) is 0 Å². The zero-order valence-corrected chi connectivity index (χ0v) is 11.1. The number of aromatic nitrogens is 1. The summed E-state index contributed by atoms with van der Waals surface area (Å²) < 4.78 is 5.34. The van der Waals surface area contributed by atoms with Crippen molar-refractivity contribution in [3.05, 3.63) is 23.0 Å². The molecule has 0 radical (unpaired) electrons. The molecule has 0 saturated carbocycles. The van der Waals surface area contributed by atoms with Crippen LogP contribution in [0.25, 0.3) is 0 Å². The second-order valence-corrected chi connectivity index (χ2v) is 4.85. The highest BCUT2D eigenvalue weighted by Gasteiger charge is 2.15. The molecule has 1 aromatic heterocycles. The second kappa shape index (κ2) is 5.51. The maximum absolute atomic E-state index is 5.98. The molecule has 0 spiro atoms. The Balaban J connectivity index is 2.52. The predicted molar refractivity (Wildman–Crippen MR) is 68.2 cm³/mol. The highest BCUT2D eigenvalue weighted by Crippen LogP contribution is 2.20. The van der Waals surface area contributed by atoms with Crippen molar-refractivity contribution in [2.24, 2.45) is 0 Å². The van der Waals surface area contributed by atoms with Crippen LogP contribution in [0.5, 0.6) is 0 Å². The van der Waals surface area contributed by atoms with Crippen LogP contribution in [0.15, 0.2) is 12.3 Å². The van der Waals surface area contributed by atoms with Gasteiger partial charge in [-0.15, -0.1) is 0 Å². The molecule has 4 heteroatoms. The van der Waals surface area contributed by atoms with Crippen molar-refractivity contribution < 1.29 is 4.74 Å². The molecule has 1 aromatic rings. The summed E-state index contributed by atoms with van der Waals surface area (Å²) in [6, 6.07) is 2.00. The number of methoxy groups -OCH3 is 1. The molecule has 0 aliphatic heterocycles. The summed E-state index contributed by atoms with van der Waals surface area (Å²) >= 11 is 5.98. The summed E-state index contributed by atoms with van der Waals surface area (Å²) in [4.78, 5) is 4.09. The van der Waals surface area contributed by atoms with Gasteiger partial charge in [0, 0.05) is 19.9 Å². The van der Waals surface area contributed by atoms with Crippen molar-refractivity contribution in [3.63, 3.8) is 0 Å². The van der Waals surface area contributed by atoms with Crippen LogP contribution in [0.2, 0.25) is 5.15 Å². The Morgan fingerprint density at radius 3 is 2.81 bits per heavy atom. The molecule has 0 aromatic carbocycles. The first-order valence-electron chi connectivity index (χ1n) is 5.36. The number of hydrogen-bond acceptors (Lipinski definition) is 3. The van der Waals surface area contributed by atoms with Gasteiger partial charge in [-0.2, -0.15) is 0 Å². The number of pyridine rings is 1. The van der Waals surface area contributed by atoms with E-state index in [9.17, 15) is 0 Å². The number of nitrogens with zero attached hydrogens (tertiary/aromatic N) is 1. The Bertz CT molecular complexity index is 353. The van der Waals surface area contributed by atoms with Crippen molar-refractivity contribution >= 4 is 17.3 Å². The summed E-state index contributed by atoms with van der Waals surface area (Å²) in [6.07, 6.45) is 2.67. The van der Waals surface area contributed by atoms with Crippen molar-refractivity contribution in [2.45, 2.75) is 32.8 Å². The SMILES string of the molecule is COC(C)(C)CCNc1cc(C)cnc1Cl. The average Bonchev–Trinajstić information content (AvgIpc) is 2.23. The van der Waals surface area contributed by atoms with E-state index in [1.54, 1.807) is 13.3 Å². The lowest BCUT2D eigenvalue weighted by Crippen LogP contribution is -2.25. The molecular formula is C12H19ClN2O. The Kier molecular flexibility index (Phi) is 4.56. The molecule has 0 unspecified atom stereocenters. The third-order valence-electron chi connectivity index (χ3n) is 2.57. The molecule has 90 valence electrons. The zero-order valence-electron chi connectivity index (χ0n) is 10.3. The van der Waals surface area contributed by atoms with Gasteiger partial charge >= 0.3 is 0 Å². The first kappa shape index (κ1) is 13.3. The van der Waals surface area contributed by atoms with Gasteiger partial charge in [0.2, 0.25) is 0 Å². The van der Waals surface area contributed by atoms with Crippen LogP contribution in [-0.4, -0.2) is 24.2 Å². The Labute approximate surface area is 102 Å². The van der Waals surface area contributed by atoms with E-state index >= 15 is 0 Å². The van der Waals surface area contributed by atoms with Crippen molar-refractivity contribution in [1.82, 2.24) is 4.98 Å². The fraction of sp³-hybridized carbons (Fsp3) is 0.583. The zero-order chi connectivity index (χ0) is 12.2. The van der Waals surface area contributed by atoms with Gasteiger partial charge in [-0.1, -0.05) is 11.6 Å². The lowest BCUT2D eigenvalue weighted by atomic mass is 10.1. The topological polar surface area (TPSA) is 34.1 Å². The summed E-state index contributed by atoms with van der Waals surface area (Å²) in [6.45, 7) is 6.93. The summed E-state index contributed by atoms with van der Waals surface area (Å²) in [7, 11) is 1.72. The molecule has 0 aliphatic rings. The predicted octanol–water partition coefficient (Wildman–Crippen LogP) is 3.27. The average molecular weight is 243 g/mol. The molecule has 0 bridgehead atoms. The van der Waals surface area contributed by atoms with E-state index in [1.165, 1.54) is 0 Å². The molecule has 0 atom stereocenters. The fourth-order valence-electron chi connectivity index (χ4n) is 1.28. The minimum atomic E-state index is -0.114. The molecule has 0 saturated heterocycles. The maximum atomic E-state index is 5.98. The molecule has 0 fully saturated rings. The molecule has 0 aliphatic carbocycles. The lowest BCUT2D eigenvalue weighted by Gasteiger charge is -2.23. The lowest BCUT2D eigenvalue weighted by molar-refractivity contribution is 0.0185. The molecule has 1 N–H and O–H groups in total. The van der Waals surface area contributed by atoms with E-state index in [2.05, 4.69) is 24.1 Å². The largest absolute Gasteiger partial charge is 0.382 e. The monoisotopic (exact) mass is 242 g/mol. The van der Waals surface area contributed by atoms with E-state index in [1.807, 2.05) is 13.0 Å². The fourth-order valence-corrected chi connectivity index (χ4v) is 1.45. The Morgan fingerprint density at radius 2 is 2.19 bits per heavy atom. The van der Waals surface area contributed by atoms with Gasteiger partial charge in [0.05, 0.1) is 11.3 Å². The van der Waals surface area contributed by atoms with E-state index < -0.39 is 0 Å². The van der Waals surface area contributed by atoms with Crippen molar-refractivity contribution in [2.75, 3.05) is 19.0 Å². The third kappa shape index (κ3) is 3.99. The number of hydrogen-bond donors (Lipinski definition) is 1. The highest BCUT2D eigenvalue weighted by molar-refractivity contribution is 6.31. The van der Waals surface area contributed by atoms with Crippen LogP contribution >= 0.6 is 11.6 Å². The molecule has 1 heterocycles. The van der Waals surface area contributed by atoms with E-state index in [0.717, 1.165) is 24.2 Å². The third-order valence-corrected chi connectivity index (χ3v) is 2.87. The first-order chi connectivity index (χ1) is 7.44. The van der Waals surface area contributed by atoms with E-state index in [0.29, 0.717) is 5.15 Å². The molecule has 0 amide bonds. The number of nitrogens with one attached hydrogen (secondary N) is 1. The number of anilines is 1. The molecule has 1 rings (SSSR count). The summed E-state index contributed by atoms with van der Waals surface area (Å²) in [5.74, 6) is 0. The van der Waals surface area contributed by atoms with Crippen LogP contribution in [0.4, 0.5) is 5.69 Å². The molecule has 3 nitrogen and oxygen atoms in total. The maximum Gasteiger partial charge on any atom is 0.152 e. The van der Waals surface area contributed by atoms with Crippen LogP contribution < -0.4 is 5.32 Å². The van der Waals surface area contributed by atoms with Crippen LogP contribution in [0.3, 0.4) is 0 Å². The van der Waals surface area contributed by atoms with Crippen LogP contribution in [0.1, 0.15) is 25.8 Å². The summed E-state index contributed by atoms with van der Waals surface area (Å²) in [5.41, 5.74) is 1.86. The Hall–Kier alpha value is -0.800. The number of rotatable bonds is 5. The van der Waals surface area contributed by atoms with Gasteiger partial charge in [0.15, 0.2) is 5.15 Å². The van der Waals surface area contributed by atoms with Gasteiger partial charge < -0.3 is 10.1 Å². The quantitative estimate of drug-likeness (QED) is 0.805. The highest BCUT2D eigenvalue weighted by atomic mass is 35.5. The van der Waals surface area contributed by atoms with Gasteiger partial charge in [-0.25, -0.2) is 4.98 Å². The minimum absolute atomic E-state index is 0.114. The van der Waals surface area contributed by atoms with Gasteiger partial charge in [0.25, 0.3) is 0 Å². The minimum Gasteiger partial charge on any atom is -0.382 e. The number of aryl methyl sites for hydroxylation is 1. The second-order valence-electron chi connectivity index (χ2n) is 4.49. The number of halogens is 1. The smallest absolute Gasteiger partial charge is 0.152 e. The Morgan fingerprint density at radius 1 is 1.50 bits per heavy atom. The molecular weight excluding hydrogens is 224 g/mol. The van der Waals surface area contributed by atoms with Crippen LogP contribution in [0, 0.1) is 6.92 Å². The molecule has 16 heavy (non-hydrogen) atoms.